The molecule has 2 aliphatic carbocycles. The van der Waals surface area contributed by atoms with Crippen LogP contribution < -0.4 is 4.90 Å². The minimum Gasteiger partial charge on any atom is -0.507 e. The maximum absolute atomic E-state index is 14.3. The summed E-state index contributed by atoms with van der Waals surface area (Å²) in [5, 5.41) is 10.5. The number of aryl methyl sites for hydroxylation is 2. The van der Waals surface area contributed by atoms with Gasteiger partial charge in [0.05, 0.1) is 24.6 Å². The van der Waals surface area contributed by atoms with Gasteiger partial charge in [-0.15, -0.1) is 23.2 Å². The van der Waals surface area contributed by atoms with Gasteiger partial charge in [-0.3, -0.25) is 19.2 Å². The summed E-state index contributed by atoms with van der Waals surface area (Å²) in [7, 11) is 1.06. The number of anilines is 1. The Morgan fingerprint density at radius 3 is 2.21 bits per heavy atom. The molecule has 1 saturated carbocycles. The van der Waals surface area contributed by atoms with Crippen LogP contribution in [0.25, 0.3) is 0 Å². The van der Waals surface area contributed by atoms with E-state index >= 15 is 0 Å². The van der Waals surface area contributed by atoms with Crippen LogP contribution in [0.5, 0.6) is 5.75 Å². The Hall–Kier alpha value is -3.76. The fourth-order valence-electron chi connectivity index (χ4n) is 7.20. The second kappa shape index (κ2) is 9.37. The Morgan fingerprint density at radius 2 is 1.62 bits per heavy atom. The number of halogens is 3. The number of hydrogen-bond acceptors (Lipinski definition) is 7. The van der Waals surface area contributed by atoms with E-state index in [1.54, 1.807) is 32.1 Å². The zero-order valence-corrected chi connectivity index (χ0v) is 24.2. The molecule has 12 heteroatoms. The molecular formula is C30H25Cl2FN2O7. The molecule has 42 heavy (non-hydrogen) atoms. The number of rotatable bonds is 2. The van der Waals surface area contributed by atoms with E-state index in [2.05, 4.69) is 4.74 Å². The molecular weight excluding hydrogens is 590 g/mol. The summed E-state index contributed by atoms with van der Waals surface area (Å²) < 4.78 is 18.4. The molecule has 0 aromatic heterocycles. The number of benzene rings is 2. The number of aromatic hydroxyl groups is 1. The van der Waals surface area contributed by atoms with Crippen molar-refractivity contribution in [2.75, 3.05) is 12.0 Å². The van der Waals surface area contributed by atoms with Gasteiger partial charge < -0.3 is 9.84 Å². The molecule has 2 aromatic carbocycles. The number of carbonyl (C=O) groups is 5. The summed E-state index contributed by atoms with van der Waals surface area (Å²) in [6.07, 6.45) is 0.417. The van der Waals surface area contributed by atoms with Gasteiger partial charge in [0.25, 0.3) is 11.8 Å². The molecule has 9 nitrogen and oxygen atoms in total. The molecule has 6 rings (SSSR count). The lowest BCUT2D eigenvalue weighted by atomic mass is 9.56. The molecule has 6 atom stereocenters. The van der Waals surface area contributed by atoms with Crippen LogP contribution in [0.15, 0.2) is 48.0 Å². The average Bonchev–Trinajstić information content (AvgIpc) is 3.29. The summed E-state index contributed by atoms with van der Waals surface area (Å²) in [4.78, 5) is 64.8. The Morgan fingerprint density at radius 1 is 1.00 bits per heavy atom. The van der Waals surface area contributed by atoms with E-state index in [4.69, 9.17) is 23.2 Å². The number of likely N-dealkylation sites (tertiary alicyclic amines) is 1. The summed E-state index contributed by atoms with van der Waals surface area (Å²) in [5.74, 6) is -7.58. The van der Waals surface area contributed by atoms with Gasteiger partial charge in [-0.05, 0) is 73.6 Å². The van der Waals surface area contributed by atoms with Crippen LogP contribution in [0.2, 0.25) is 0 Å². The topological polar surface area (TPSA) is 121 Å². The maximum Gasteiger partial charge on any atom is 0.423 e. The lowest BCUT2D eigenvalue weighted by Gasteiger charge is -2.50. The molecule has 3 fully saturated rings. The van der Waals surface area contributed by atoms with Crippen molar-refractivity contribution in [1.82, 2.24) is 4.90 Å². The van der Waals surface area contributed by atoms with Crippen molar-refractivity contribution in [2.24, 2.45) is 17.8 Å². The third-order valence-electron chi connectivity index (χ3n) is 9.10. The zero-order chi connectivity index (χ0) is 30.5. The monoisotopic (exact) mass is 614 g/mol. The van der Waals surface area contributed by atoms with E-state index in [0.29, 0.717) is 27.2 Å². The van der Waals surface area contributed by atoms with Crippen molar-refractivity contribution in [2.45, 2.75) is 42.4 Å². The van der Waals surface area contributed by atoms with Gasteiger partial charge in [0, 0.05) is 5.92 Å². The molecule has 2 aromatic rings. The Kier molecular flexibility index (Phi) is 6.33. The van der Waals surface area contributed by atoms with Gasteiger partial charge in [0.15, 0.2) is 9.75 Å². The van der Waals surface area contributed by atoms with E-state index in [1.165, 1.54) is 12.1 Å². The van der Waals surface area contributed by atoms with Crippen molar-refractivity contribution >= 4 is 58.6 Å². The quantitative estimate of drug-likeness (QED) is 0.301. The largest absolute Gasteiger partial charge is 0.507 e. The molecule has 0 spiro atoms. The Balaban J connectivity index is 1.57. The third-order valence-corrected chi connectivity index (χ3v) is 10.5. The first kappa shape index (κ1) is 28.4. The van der Waals surface area contributed by atoms with Crippen LogP contribution >= 0.6 is 23.2 Å². The zero-order valence-electron chi connectivity index (χ0n) is 22.7. The first-order valence-electron chi connectivity index (χ1n) is 13.3. The number of fused-ring (bicyclic) bond motifs is 4. The van der Waals surface area contributed by atoms with E-state index in [1.807, 2.05) is 0 Å². The number of alkyl halides is 2. The van der Waals surface area contributed by atoms with Crippen molar-refractivity contribution in [3.63, 3.8) is 0 Å². The molecule has 4 aliphatic rings. The fourth-order valence-corrected chi connectivity index (χ4v) is 8.13. The van der Waals surface area contributed by atoms with Crippen LogP contribution in [0.4, 0.5) is 14.9 Å². The normalized spacial score (nSPS) is 32.0. The molecule has 0 radical (unpaired) electrons. The Bertz CT molecular complexity index is 1620. The molecule has 1 N–H and O–H groups in total. The molecule has 218 valence electrons. The smallest absolute Gasteiger partial charge is 0.423 e. The van der Waals surface area contributed by atoms with Crippen LogP contribution in [-0.2, 0) is 23.9 Å². The molecule has 0 bridgehead atoms. The molecule has 2 aliphatic heterocycles. The Labute approximate surface area is 249 Å². The lowest BCUT2D eigenvalue weighted by molar-refractivity contribution is -0.138. The van der Waals surface area contributed by atoms with Gasteiger partial charge >= 0.3 is 6.09 Å². The van der Waals surface area contributed by atoms with Crippen LogP contribution in [-0.4, -0.2) is 56.6 Å². The van der Waals surface area contributed by atoms with E-state index in [-0.39, 0.29) is 24.3 Å². The summed E-state index contributed by atoms with van der Waals surface area (Å²) in [6, 6.07) is 8.02. The SMILES string of the molecule is COC(=O)N1C(=O)C2CC=C3C(CC4(Cl)C(=O)N(c5ccc(F)cc5)C(=O)C4(Cl)C3c3cc(C)c(O)c(C)c3)C2C1=O. The first-order valence-corrected chi connectivity index (χ1v) is 14.0. The second-order valence-corrected chi connectivity index (χ2v) is 12.5. The summed E-state index contributed by atoms with van der Waals surface area (Å²) in [6.45, 7) is 3.35. The number of phenolic OH excluding ortho intramolecular Hbond substituents is 1. The molecule has 5 amide bonds. The highest BCUT2D eigenvalue weighted by Gasteiger charge is 2.76. The predicted octanol–water partition coefficient (Wildman–Crippen LogP) is 4.48. The van der Waals surface area contributed by atoms with Crippen molar-refractivity contribution in [1.29, 1.82) is 0 Å². The molecule has 2 heterocycles. The number of imide groups is 4. The van der Waals surface area contributed by atoms with E-state index in [0.717, 1.165) is 24.1 Å². The van der Waals surface area contributed by atoms with E-state index < -0.39 is 69.0 Å². The minimum atomic E-state index is -2.10. The first-order chi connectivity index (χ1) is 19.8. The average molecular weight is 615 g/mol. The lowest BCUT2D eigenvalue weighted by Crippen LogP contribution is -2.60. The third kappa shape index (κ3) is 3.51. The number of hydrogen-bond donors (Lipinski definition) is 1. The number of nitrogens with zero attached hydrogens (tertiary/aromatic N) is 2. The van der Waals surface area contributed by atoms with E-state index in [9.17, 15) is 33.5 Å². The number of amides is 5. The predicted molar refractivity (Wildman–Crippen MR) is 148 cm³/mol. The van der Waals surface area contributed by atoms with Gasteiger partial charge in [-0.2, -0.15) is 4.90 Å². The highest BCUT2D eigenvalue weighted by molar-refractivity contribution is 6.58. The maximum atomic E-state index is 14.3. The number of ether oxygens (including phenoxy) is 1. The van der Waals surface area contributed by atoms with Crippen molar-refractivity contribution in [3.05, 3.63) is 70.6 Å². The highest BCUT2D eigenvalue weighted by Crippen LogP contribution is 2.66. The summed E-state index contributed by atoms with van der Waals surface area (Å²) in [5.41, 5.74) is 2.04. The second-order valence-electron chi connectivity index (χ2n) is 11.2. The van der Waals surface area contributed by atoms with Crippen LogP contribution in [0.3, 0.4) is 0 Å². The minimum absolute atomic E-state index is 0.0385. The van der Waals surface area contributed by atoms with Crippen molar-refractivity contribution < 1.29 is 38.2 Å². The van der Waals surface area contributed by atoms with Gasteiger partial charge in [0.1, 0.15) is 11.6 Å². The van der Waals surface area contributed by atoms with Gasteiger partial charge in [-0.25, -0.2) is 14.1 Å². The van der Waals surface area contributed by atoms with Crippen LogP contribution in [0.1, 0.15) is 35.4 Å². The number of carbonyl (C=O) groups excluding carboxylic acids is 5. The summed E-state index contributed by atoms with van der Waals surface area (Å²) >= 11 is 14.6. The van der Waals surface area contributed by atoms with Crippen molar-refractivity contribution in [3.8, 4) is 5.75 Å². The highest BCUT2D eigenvalue weighted by atomic mass is 35.5. The molecule has 6 unspecified atom stereocenters. The molecule has 2 saturated heterocycles. The van der Waals surface area contributed by atoms with Crippen LogP contribution in [0, 0.1) is 37.4 Å². The number of allylic oxidation sites excluding steroid dienone is 2. The standard InChI is InChI=1S/C30H25Cl2FN2O7/c1-13-10-15(11-14(2)23(13)36)22-18-8-9-19-21(25(38)35(24(19)37)28(41)42-3)20(18)12-29(31)26(39)34(27(40)30(22,29)32)17-6-4-16(33)5-7-17/h4-8,10-11,19-22,36H,9,12H2,1-3H3. The number of methoxy groups -OCH3 is 1. The van der Waals surface area contributed by atoms with Gasteiger partial charge in [-0.1, -0.05) is 23.8 Å². The number of phenols is 1. The fraction of sp³-hybridized carbons (Fsp3) is 0.367. The van der Waals surface area contributed by atoms with Gasteiger partial charge in [0.2, 0.25) is 11.8 Å².